The van der Waals surface area contributed by atoms with Crippen LogP contribution in [0.15, 0.2) is 22.7 Å². The largest absolute Gasteiger partial charge is 0.328 e. The summed E-state index contributed by atoms with van der Waals surface area (Å²) in [5, 5.41) is 0. The highest BCUT2D eigenvalue weighted by atomic mass is 79.9. The molecule has 3 heteroatoms. The quantitative estimate of drug-likeness (QED) is 0.871. The van der Waals surface area contributed by atoms with Crippen LogP contribution < -0.4 is 5.73 Å². The first-order valence-corrected chi connectivity index (χ1v) is 5.08. The first-order valence-electron chi connectivity index (χ1n) is 4.29. The van der Waals surface area contributed by atoms with E-state index in [4.69, 9.17) is 5.73 Å². The Morgan fingerprint density at radius 3 is 2.77 bits per heavy atom. The molecule has 0 saturated carbocycles. The molecule has 0 unspecified atom stereocenters. The van der Waals surface area contributed by atoms with Crippen molar-refractivity contribution in [2.75, 3.05) is 0 Å². The van der Waals surface area contributed by atoms with Crippen LogP contribution in [0, 0.1) is 5.82 Å². The van der Waals surface area contributed by atoms with Crippen molar-refractivity contribution < 1.29 is 4.39 Å². The molecule has 2 N–H and O–H groups in total. The number of nitrogens with two attached hydrogens (primary N) is 1. The predicted octanol–water partition coefficient (Wildman–Crippen LogP) is 2.87. The van der Waals surface area contributed by atoms with E-state index in [1.54, 1.807) is 12.1 Å². The predicted molar refractivity (Wildman–Crippen MR) is 56.1 cm³/mol. The van der Waals surface area contributed by atoms with Crippen LogP contribution in [-0.4, -0.2) is 6.04 Å². The van der Waals surface area contributed by atoms with Gasteiger partial charge >= 0.3 is 0 Å². The fraction of sp³-hybridized carbons (Fsp3) is 0.400. The molecular weight excluding hydrogens is 233 g/mol. The molecule has 0 aliphatic rings. The third-order valence-corrected chi connectivity index (χ3v) is 2.48. The normalized spacial score (nSPS) is 12.9. The highest BCUT2D eigenvalue weighted by Gasteiger charge is 2.01. The number of rotatable bonds is 3. The van der Waals surface area contributed by atoms with Crippen LogP contribution >= 0.6 is 15.9 Å². The minimum absolute atomic E-state index is 0.198. The third kappa shape index (κ3) is 3.44. The molecule has 0 bridgehead atoms. The zero-order valence-electron chi connectivity index (χ0n) is 7.56. The maximum atomic E-state index is 12.8. The van der Waals surface area contributed by atoms with Crippen LogP contribution in [0.5, 0.6) is 0 Å². The maximum absolute atomic E-state index is 12.8. The Labute approximate surface area is 86.3 Å². The molecule has 1 atom stereocenters. The topological polar surface area (TPSA) is 26.0 Å². The molecule has 0 aliphatic heterocycles. The molecule has 0 fully saturated rings. The van der Waals surface area contributed by atoms with Gasteiger partial charge in [0.1, 0.15) is 5.82 Å². The van der Waals surface area contributed by atoms with Gasteiger partial charge in [-0.1, -0.05) is 6.07 Å². The molecule has 1 aromatic carbocycles. The number of benzene rings is 1. The lowest BCUT2D eigenvalue weighted by molar-refractivity contribution is 0.618. The minimum atomic E-state index is -0.218. The molecule has 0 radical (unpaired) electrons. The lowest BCUT2D eigenvalue weighted by Gasteiger charge is -2.05. The summed E-state index contributed by atoms with van der Waals surface area (Å²) < 4.78 is 13.3. The maximum Gasteiger partial charge on any atom is 0.137 e. The molecule has 1 rings (SSSR count). The molecule has 0 spiro atoms. The van der Waals surface area contributed by atoms with Crippen LogP contribution in [0.25, 0.3) is 0 Å². The van der Waals surface area contributed by atoms with Crippen LogP contribution in [0.1, 0.15) is 18.9 Å². The molecule has 1 aromatic rings. The third-order valence-electron chi connectivity index (χ3n) is 1.87. The molecule has 0 aliphatic carbocycles. The van der Waals surface area contributed by atoms with Crippen molar-refractivity contribution in [3.8, 4) is 0 Å². The van der Waals surface area contributed by atoms with Crippen LogP contribution in [-0.2, 0) is 6.42 Å². The fourth-order valence-corrected chi connectivity index (χ4v) is 1.52. The number of aryl methyl sites for hydroxylation is 1. The Bertz CT molecular complexity index is 286. The standard InChI is InChI=1S/C10H13BrFN/c1-7(13)2-3-8-4-5-10(12)9(11)6-8/h4-7H,2-3,13H2,1H3/t7-/m1/s1. The summed E-state index contributed by atoms with van der Waals surface area (Å²) in [6, 6.07) is 5.27. The van der Waals surface area contributed by atoms with Gasteiger partial charge in [-0.15, -0.1) is 0 Å². The van der Waals surface area contributed by atoms with Gasteiger partial charge in [-0.05, 0) is 53.4 Å². The summed E-state index contributed by atoms with van der Waals surface area (Å²) in [4.78, 5) is 0. The second kappa shape index (κ2) is 4.72. The van der Waals surface area contributed by atoms with Gasteiger partial charge in [-0.3, -0.25) is 0 Å². The summed E-state index contributed by atoms with van der Waals surface area (Å²) in [6.45, 7) is 1.97. The summed E-state index contributed by atoms with van der Waals surface area (Å²) >= 11 is 3.15. The first kappa shape index (κ1) is 10.7. The van der Waals surface area contributed by atoms with E-state index in [9.17, 15) is 4.39 Å². The van der Waals surface area contributed by atoms with E-state index < -0.39 is 0 Å². The van der Waals surface area contributed by atoms with Crippen molar-refractivity contribution in [1.82, 2.24) is 0 Å². The van der Waals surface area contributed by atoms with Crippen molar-refractivity contribution in [3.05, 3.63) is 34.1 Å². The second-order valence-electron chi connectivity index (χ2n) is 3.26. The van der Waals surface area contributed by atoms with Gasteiger partial charge in [0.2, 0.25) is 0 Å². The van der Waals surface area contributed by atoms with E-state index >= 15 is 0 Å². The molecule has 1 nitrogen and oxygen atoms in total. The number of hydrogen-bond donors (Lipinski definition) is 1. The zero-order valence-corrected chi connectivity index (χ0v) is 9.14. The Balaban J connectivity index is 2.63. The summed E-state index contributed by atoms with van der Waals surface area (Å²) in [5.41, 5.74) is 6.74. The lowest BCUT2D eigenvalue weighted by Crippen LogP contribution is -2.15. The van der Waals surface area contributed by atoms with E-state index in [2.05, 4.69) is 15.9 Å². The highest BCUT2D eigenvalue weighted by molar-refractivity contribution is 9.10. The first-order chi connectivity index (χ1) is 6.09. The van der Waals surface area contributed by atoms with Gasteiger partial charge in [0.15, 0.2) is 0 Å². The molecule has 0 amide bonds. The second-order valence-corrected chi connectivity index (χ2v) is 4.12. The number of halogens is 2. The van der Waals surface area contributed by atoms with Gasteiger partial charge in [-0.25, -0.2) is 4.39 Å². The summed E-state index contributed by atoms with van der Waals surface area (Å²) in [6.07, 6.45) is 1.83. The van der Waals surface area contributed by atoms with Crippen molar-refractivity contribution in [3.63, 3.8) is 0 Å². The molecule has 13 heavy (non-hydrogen) atoms. The van der Waals surface area contributed by atoms with E-state index in [0.717, 1.165) is 18.4 Å². The lowest BCUT2D eigenvalue weighted by atomic mass is 10.1. The average molecular weight is 246 g/mol. The van der Waals surface area contributed by atoms with Crippen molar-refractivity contribution in [2.45, 2.75) is 25.8 Å². The average Bonchev–Trinajstić information content (AvgIpc) is 2.07. The van der Waals surface area contributed by atoms with Gasteiger partial charge in [0, 0.05) is 6.04 Å². The minimum Gasteiger partial charge on any atom is -0.328 e. The van der Waals surface area contributed by atoms with Gasteiger partial charge in [0.25, 0.3) is 0 Å². The molecule has 72 valence electrons. The Kier molecular flexibility index (Phi) is 3.88. The monoisotopic (exact) mass is 245 g/mol. The SMILES string of the molecule is C[C@@H](N)CCc1ccc(F)c(Br)c1. The van der Waals surface area contributed by atoms with Crippen LogP contribution in [0.4, 0.5) is 4.39 Å². The summed E-state index contributed by atoms with van der Waals surface area (Å²) in [5.74, 6) is -0.218. The Morgan fingerprint density at radius 1 is 1.54 bits per heavy atom. The van der Waals surface area contributed by atoms with E-state index in [1.807, 2.05) is 6.92 Å². The molecule has 0 heterocycles. The van der Waals surface area contributed by atoms with Gasteiger partial charge in [-0.2, -0.15) is 0 Å². The van der Waals surface area contributed by atoms with E-state index in [1.165, 1.54) is 6.07 Å². The van der Waals surface area contributed by atoms with Crippen molar-refractivity contribution in [1.29, 1.82) is 0 Å². The smallest absolute Gasteiger partial charge is 0.137 e. The molecule has 0 saturated heterocycles. The van der Waals surface area contributed by atoms with Gasteiger partial charge in [0.05, 0.1) is 4.47 Å². The summed E-state index contributed by atoms with van der Waals surface area (Å²) in [7, 11) is 0. The highest BCUT2D eigenvalue weighted by Crippen LogP contribution is 2.17. The van der Waals surface area contributed by atoms with Gasteiger partial charge < -0.3 is 5.73 Å². The Morgan fingerprint density at radius 2 is 2.23 bits per heavy atom. The molecular formula is C10H13BrFN. The van der Waals surface area contributed by atoms with E-state index in [-0.39, 0.29) is 11.9 Å². The fourth-order valence-electron chi connectivity index (χ4n) is 1.09. The zero-order chi connectivity index (χ0) is 9.84. The van der Waals surface area contributed by atoms with Crippen molar-refractivity contribution >= 4 is 15.9 Å². The van der Waals surface area contributed by atoms with Crippen LogP contribution in [0.3, 0.4) is 0 Å². The number of hydrogen-bond acceptors (Lipinski definition) is 1. The Hall–Kier alpha value is -0.410. The van der Waals surface area contributed by atoms with Crippen molar-refractivity contribution in [2.24, 2.45) is 5.73 Å². The van der Waals surface area contributed by atoms with E-state index in [0.29, 0.717) is 4.47 Å². The van der Waals surface area contributed by atoms with Crippen LogP contribution in [0.2, 0.25) is 0 Å². The molecule has 0 aromatic heterocycles.